The summed E-state index contributed by atoms with van der Waals surface area (Å²) in [4.78, 5) is 0. The van der Waals surface area contributed by atoms with Crippen LogP contribution in [0.25, 0.3) is 0 Å². The number of allylic oxidation sites excluding steroid dienone is 4. The van der Waals surface area contributed by atoms with E-state index in [4.69, 9.17) is 0 Å². The summed E-state index contributed by atoms with van der Waals surface area (Å²) < 4.78 is 50.7. The van der Waals surface area contributed by atoms with E-state index in [9.17, 15) is 16.8 Å². The maximum Gasteiger partial charge on any atom is 0.308 e. The van der Waals surface area contributed by atoms with Crippen molar-refractivity contribution in [2.24, 2.45) is 0 Å². The van der Waals surface area contributed by atoms with Crippen LogP contribution in [0.5, 0.6) is 0 Å². The minimum absolute atomic E-state index is 0.171. The Bertz CT molecular complexity index is 849. The molecule has 0 aliphatic rings. The van der Waals surface area contributed by atoms with Gasteiger partial charge in [-0.05, 0) is 77.0 Å². The number of sulfonamides is 2. The molecule has 0 heterocycles. The molecule has 0 N–H and O–H groups in total. The molecular formula is C38H76NO4S2+. The van der Waals surface area contributed by atoms with Gasteiger partial charge in [0.2, 0.25) is 0 Å². The molecule has 0 spiro atoms. The van der Waals surface area contributed by atoms with Crippen LogP contribution in [0.1, 0.15) is 194 Å². The van der Waals surface area contributed by atoms with Crippen molar-refractivity contribution < 1.29 is 20.1 Å². The second-order valence-corrected chi connectivity index (χ2v) is 18.2. The predicted molar refractivity (Wildman–Crippen MR) is 199 cm³/mol. The predicted octanol–water partition coefficient (Wildman–Crippen LogP) is 11.8. The second kappa shape index (κ2) is 29.5. The third-order valence-corrected chi connectivity index (χ3v) is 14.0. The number of nitrogens with zero attached hydrogens (tertiary/aromatic N) is 1. The summed E-state index contributed by atoms with van der Waals surface area (Å²) in [6.45, 7) is 4.85. The average molecular weight is 675 g/mol. The van der Waals surface area contributed by atoms with Gasteiger partial charge in [0.15, 0.2) is 0 Å². The zero-order valence-corrected chi connectivity index (χ0v) is 32.1. The Balaban J connectivity index is 4.16. The fraction of sp³-hybridized carbons (Fsp3) is 0.895. The summed E-state index contributed by atoms with van der Waals surface area (Å²) >= 11 is 0. The van der Waals surface area contributed by atoms with Crippen LogP contribution in [-0.2, 0) is 20.0 Å². The van der Waals surface area contributed by atoms with Crippen molar-refractivity contribution >= 4 is 20.0 Å². The highest BCUT2D eigenvalue weighted by atomic mass is 32.3. The number of hydrogen-bond donors (Lipinski definition) is 0. The Morgan fingerprint density at radius 2 is 0.578 bits per heavy atom. The van der Waals surface area contributed by atoms with Gasteiger partial charge in [0.05, 0.1) is 12.5 Å². The fourth-order valence-electron chi connectivity index (χ4n) is 6.22. The van der Waals surface area contributed by atoms with Gasteiger partial charge >= 0.3 is 20.0 Å². The Hall–Kier alpha value is -0.660. The van der Waals surface area contributed by atoms with Crippen molar-refractivity contribution in [1.29, 1.82) is 0 Å². The first-order chi connectivity index (χ1) is 21.6. The highest BCUT2D eigenvalue weighted by molar-refractivity contribution is 7.97. The lowest BCUT2D eigenvalue weighted by atomic mass is 10.1. The smallest absolute Gasteiger partial charge is 0.173 e. The molecule has 0 aliphatic heterocycles. The first kappa shape index (κ1) is 44.3. The van der Waals surface area contributed by atoms with Crippen molar-refractivity contribution in [3.05, 3.63) is 24.3 Å². The van der Waals surface area contributed by atoms with E-state index >= 15 is 0 Å². The molecule has 5 nitrogen and oxygen atoms in total. The van der Waals surface area contributed by atoms with Crippen molar-refractivity contribution in [3.63, 3.8) is 0 Å². The summed E-state index contributed by atoms with van der Waals surface area (Å²) in [5, 5.41) is 0. The summed E-state index contributed by atoms with van der Waals surface area (Å²) in [6, 6.07) is 0. The van der Waals surface area contributed by atoms with Gasteiger partial charge < -0.3 is 0 Å². The SMILES string of the molecule is CCCCCCCCC=CCCCCCCCC[N+](CCCCCCCCC=CCCCCCCCC)(S(C)(=O)=O)S(C)(=O)=O. The van der Waals surface area contributed by atoms with E-state index in [2.05, 4.69) is 38.2 Å². The molecule has 7 heteroatoms. The van der Waals surface area contributed by atoms with E-state index in [0.717, 1.165) is 63.9 Å². The number of quaternary nitrogens is 1. The molecule has 0 aromatic carbocycles. The van der Waals surface area contributed by atoms with E-state index in [-0.39, 0.29) is 13.1 Å². The van der Waals surface area contributed by atoms with Gasteiger partial charge in [-0.1, -0.05) is 141 Å². The molecule has 0 rings (SSSR count). The van der Waals surface area contributed by atoms with E-state index in [1.54, 1.807) is 0 Å². The fourth-order valence-corrected chi connectivity index (χ4v) is 10.0. The lowest BCUT2D eigenvalue weighted by Gasteiger charge is -2.33. The van der Waals surface area contributed by atoms with E-state index in [1.807, 2.05) is 0 Å². The monoisotopic (exact) mass is 675 g/mol. The van der Waals surface area contributed by atoms with Crippen LogP contribution in [0.2, 0.25) is 0 Å². The molecule has 0 atom stereocenters. The van der Waals surface area contributed by atoms with Crippen LogP contribution >= 0.6 is 0 Å². The van der Waals surface area contributed by atoms with Gasteiger partial charge in [0, 0.05) is 0 Å². The van der Waals surface area contributed by atoms with Crippen molar-refractivity contribution in [3.8, 4) is 0 Å². The number of unbranched alkanes of at least 4 members (excludes halogenated alkanes) is 24. The molecular weight excluding hydrogens is 599 g/mol. The molecule has 0 saturated heterocycles. The first-order valence-electron chi connectivity index (χ1n) is 19.2. The zero-order chi connectivity index (χ0) is 33.5. The summed E-state index contributed by atoms with van der Waals surface area (Å²) in [6.07, 6.45) is 44.4. The van der Waals surface area contributed by atoms with Crippen LogP contribution in [0.4, 0.5) is 0 Å². The quantitative estimate of drug-likeness (QED) is 0.0387. The lowest BCUT2D eigenvalue weighted by Crippen LogP contribution is -2.56. The van der Waals surface area contributed by atoms with Gasteiger partial charge in [0.1, 0.15) is 13.1 Å². The minimum atomic E-state index is -3.79. The van der Waals surface area contributed by atoms with Crippen LogP contribution in [0.3, 0.4) is 0 Å². The lowest BCUT2D eigenvalue weighted by molar-refractivity contribution is -0.673. The highest BCUT2D eigenvalue weighted by Gasteiger charge is 2.47. The van der Waals surface area contributed by atoms with E-state index < -0.39 is 23.3 Å². The van der Waals surface area contributed by atoms with Gasteiger partial charge in [-0.3, -0.25) is 0 Å². The van der Waals surface area contributed by atoms with Gasteiger partial charge in [-0.25, -0.2) is 0 Å². The van der Waals surface area contributed by atoms with Crippen LogP contribution in [0, 0.1) is 0 Å². The topological polar surface area (TPSA) is 68.3 Å². The van der Waals surface area contributed by atoms with Crippen LogP contribution in [0.15, 0.2) is 24.3 Å². The van der Waals surface area contributed by atoms with Crippen molar-refractivity contribution in [2.45, 2.75) is 194 Å². The highest BCUT2D eigenvalue weighted by Crippen LogP contribution is 2.25. The van der Waals surface area contributed by atoms with Crippen LogP contribution < -0.4 is 0 Å². The molecule has 0 aromatic heterocycles. The third-order valence-electron chi connectivity index (χ3n) is 9.23. The Labute approximate surface area is 282 Å². The maximum absolute atomic E-state index is 12.9. The molecule has 268 valence electrons. The molecule has 0 aliphatic carbocycles. The van der Waals surface area contributed by atoms with Gasteiger partial charge in [-0.2, -0.15) is 16.8 Å². The molecule has 0 radical (unpaired) electrons. The summed E-state index contributed by atoms with van der Waals surface area (Å²) in [5.41, 5.74) is 0. The molecule has 0 unspecified atom stereocenters. The van der Waals surface area contributed by atoms with Crippen LogP contribution in [-0.4, -0.2) is 45.7 Å². The Morgan fingerprint density at radius 3 is 0.822 bits per heavy atom. The Kier molecular flexibility index (Phi) is 29.0. The zero-order valence-electron chi connectivity index (χ0n) is 30.4. The standard InChI is InChI=1S/C38H76NO4S2/c1-5-7-9-11-13-15-17-19-21-23-25-27-29-31-33-35-37-39(44(3,40)41,45(4,42)43)38-36-34-32-30-28-26-24-22-20-18-16-14-12-10-8-6-2/h19-22H,5-18,23-38H2,1-4H3/q+1. The first-order valence-corrected chi connectivity index (χ1v) is 22.9. The Morgan fingerprint density at radius 1 is 0.356 bits per heavy atom. The summed E-state index contributed by atoms with van der Waals surface area (Å²) in [7, 11) is -7.58. The maximum atomic E-state index is 12.9. The normalized spacial score (nSPS) is 13.1. The second-order valence-electron chi connectivity index (χ2n) is 13.6. The van der Waals surface area contributed by atoms with Gasteiger partial charge in [0.25, 0.3) is 0 Å². The molecule has 0 saturated carbocycles. The largest absolute Gasteiger partial charge is 0.308 e. The molecule has 45 heavy (non-hydrogen) atoms. The molecule has 0 amide bonds. The minimum Gasteiger partial charge on any atom is -0.173 e. The molecule has 0 aromatic rings. The van der Waals surface area contributed by atoms with Gasteiger partial charge in [-0.15, -0.1) is 3.29 Å². The average Bonchev–Trinajstić information content (AvgIpc) is 2.98. The molecule has 0 fully saturated rings. The number of rotatable bonds is 34. The molecule has 0 bridgehead atoms. The van der Waals surface area contributed by atoms with Crippen molar-refractivity contribution in [1.82, 2.24) is 0 Å². The number of hydrogen-bond acceptors (Lipinski definition) is 4. The van der Waals surface area contributed by atoms with Crippen molar-refractivity contribution in [2.75, 3.05) is 25.6 Å². The third kappa shape index (κ3) is 24.2. The summed E-state index contributed by atoms with van der Waals surface area (Å²) in [5.74, 6) is 0. The van der Waals surface area contributed by atoms with E-state index in [0.29, 0.717) is 12.8 Å². The van der Waals surface area contributed by atoms with E-state index in [1.165, 1.54) is 116 Å².